The Hall–Kier alpha value is -1.09. The average molecular weight is 263 g/mol. The van der Waals surface area contributed by atoms with Crippen molar-refractivity contribution in [2.45, 2.75) is 53.0 Å². The summed E-state index contributed by atoms with van der Waals surface area (Å²) >= 11 is 0. The lowest BCUT2D eigenvalue weighted by molar-refractivity contribution is 0.562. The fourth-order valence-corrected chi connectivity index (χ4v) is 1.84. The van der Waals surface area contributed by atoms with E-state index in [0.717, 1.165) is 23.6 Å². The summed E-state index contributed by atoms with van der Waals surface area (Å²) in [6, 6.07) is 4.23. The molecule has 0 aliphatic rings. The molecule has 19 heavy (non-hydrogen) atoms. The van der Waals surface area contributed by atoms with Gasteiger partial charge in [-0.2, -0.15) is 0 Å². The third-order valence-corrected chi connectivity index (χ3v) is 3.31. The van der Waals surface area contributed by atoms with Gasteiger partial charge in [0.2, 0.25) is 0 Å². The number of hydrogen-bond donors (Lipinski definition) is 1. The van der Waals surface area contributed by atoms with E-state index in [2.05, 4.69) is 58.7 Å². The van der Waals surface area contributed by atoms with Crippen LogP contribution in [0, 0.1) is 5.92 Å². The van der Waals surface area contributed by atoms with Crippen molar-refractivity contribution in [3.05, 3.63) is 23.4 Å². The molecule has 0 atom stereocenters. The summed E-state index contributed by atoms with van der Waals surface area (Å²) in [4.78, 5) is 7.03. The lowest BCUT2D eigenvalue weighted by Crippen LogP contribution is -2.23. The maximum atomic E-state index is 5.81. The molecule has 0 bridgehead atoms. The molecular weight excluding hydrogens is 234 g/mol. The maximum Gasteiger partial charge on any atom is 0.128 e. The van der Waals surface area contributed by atoms with Crippen LogP contribution in [0.25, 0.3) is 0 Å². The Morgan fingerprint density at radius 3 is 2.37 bits per heavy atom. The van der Waals surface area contributed by atoms with Crippen molar-refractivity contribution in [3.8, 4) is 0 Å². The second kappa shape index (κ2) is 6.38. The molecule has 2 N–H and O–H groups in total. The molecule has 0 radical (unpaired) electrons. The van der Waals surface area contributed by atoms with Gasteiger partial charge in [0.1, 0.15) is 5.82 Å². The minimum Gasteiger partial charge on any atom is -0.360 e. The van der Waals surface area contributed by atoms with Crippen LogP contribution < -0.4 is 10.6 Å². The van der Waals surface area contributed by atoms with E-state index in [0.29, 0.717) is 12.5 Å². The van der Waals surface area contributed by atoms with Crippen LogP contribution in [0.1, 0.15) is 52.3 Å². The number of nitrogens with zero attached hydrogens (tertiary/aromatic N) is 2. The molecule has 3 heteroatoms. The van der Waals surface area contributed by atoms with Crippen molar-refractivity contribution in [1.29, 1.82) is 0 Å². The molecule has 108 valence electrons. The monoisotopic (exact) mass is 263 g/mol. The zero-order valence-corrected chi connectivity index (χ0v) is 13.3. The summed E-state index contributed by atoms with van der Waals surface area (Å²) in [5.74, 6) is 1.75. The van der Waals surface area contributed by atoms with Crippen LogP contribution >= 0.6 is 0 Å². The first-order chi connectivity index (χ1) is 8.74. The number of rotatable bonds is 5. The van der Waals surface area contributed by atoms with E-state index < -0.39 is 0 Å². The zero-order chi connectivity index (χ0) is 14.6. The molecule has 3 nitrogen and oxygen atoms in total. The molecule has 1 aromatic heterocycles. The van der Waals surface area contributed by atoms with Gasteiger partial charge in [0.05, 0.1) is 0 Å². The summed E-state index contributed by atoms with van der Waals surface area (Å²) in [6.45, 7) is 12.7. The second-order valence-corrected chi connectivity index (χ2v) is 6.78. The summed E-state index contributed by atoms with van der Waals surface area (Å²) in [6.07, 6.45) is 1.18. The molecular formula is C16H29N3. The minimum atomic E-state index is 0.0544. The Bertz CT molecular complexity index is 405. The average Bonchev–Trinajstić information content (AvgIpc) is 2.34. The van der Waals surface area contributed by atoms with Crippen LogP contribution in [-0.2, 0) is 12.0 Å². The van der Waals surface area contributed by atoms with E-state index in [4.69, 9.17) is 10.7 Å². The van der Waals surface area contributed by atoms with E-state index in [9.17, 15) is 0 Å². The van der Waals surface area contributed by atoms with Crippen LogP contribution in [0.2, 0.25) is 0 Å². The van der Waals surface area contributed by atoms with Crippen molar-refractivity contribution in [2.75, 3.05) is 18.5 Å². The SMILES string of the molecule is CC(C)CCN(C)c1cc(CN)cc(C(C)(C)C)n1. The van der Waals surface area contributed by atoms with Gasteiger partial charge in [-0.15, -0.1) is 0 Å². The molecule has 1 heterocycles. The standard InChI is InChI=1S/C16H29N3/c1-12(2)7-8-19(6)15-10-13(11-17)9-14(18-15)16(3,4)5/h9-10,12H,7-8,11,17H2,1-6H3. The van der Waals surface area contributed by atoms with Crippen LogP contribution in [-0.4, -0.2) is 18.6 Å². The third kappa shape index (κ3) is 4.83. The van der Waals surface area contributed by atoms with Gasteiger partial charge in [0.15, 0.2) is 0 Å². The molecule has 0 aromatic carbocycles. The smallest absolute Gasteiger partial charge is 0.128 e. The molecule has 0 spiro atoms. The number of nitrogens with two attached hydrogens (primary N) is 1. The van der Waals surface area contributed by atoms with Crippen molar-refractivity contribution < 1.29 is 0 Å². The number of pyridine rings is 1. The van der Waals surface area contributed by atoms with Gasteiger partial charge in [-0.05, 0) is 30.0 Å². The van der Waals surface area contributed by atoms with E-state index in [1.807, 2.05) is 0 Å². The molecule has 0 saturated heterocycles. The third-order valence-electron chi connectivity index (χ3n) is 3.31. The molecule has 1 rings (SSSR count). The van der Waals surface area contributed by atoms with E-state index >= 15 is 0 Å². The fraction of sp³-hybridized carbons (Fsp3) is 0.688. The summed E-state index contributed by atoms with van der Waals surface area (Å²) in [5.41, 5.74) is 8.13. The predicted molar refractivity (Wildman–Crippen MR) is 83.6 cm³/mol. The van der Waals surface area contributed by atoms with Crippen LogP contribution in [0.4, 0.5) is 5.82 Å². The zero-order valence-electron chi connectivity index (χ0n) is 13.3. The lowest BCUT2D eigenvalue weighted by atomic mass is 9.90. The lowest BCUT2D eigenvalue weighted by Gasteiger charge is -2.24. The number of hydrogen-bond acceptors (Lipinski definition) is 3. The minimum absolute atomic E-state index is 0.0544. The quantitative estimate of drug-likeness (QED) is 0.886. The van der Waals surface area contributed by atoms with Crippen LogP contribution in [0.3, 0.4) is 0 Å². The van der Waals surface area contributed by atoms with E-state index in [1.54, 1.807) is 0 Å². The van der Waals surface area contributed by atoms with Crippen LogP contribution in [0.5, 0.6) is 0 Å². The van der Waals surface area contributed by atoms with Gasteiger partial charge in [-0.3, -0.25) is 0 Å². The highest BCUT2D eigenvalue weighted by Gasteiger charge is 2.18. The molecule has 0 saturated carbocycles. The Kier molecular flexibility index (Phi) is 5.36. The van der Waals surface area contributed by atoms with Crippen molar-refractivity contribution in [2.24, 2.45) is 11.7 Å². The Balaban J connectivity index is 2.99. The van der Waals surface area contributed by atoms with Gasteiger partial charge in [-0.1, -0.05) is 34.6 Å². The Morgan fingerprint density at radius 1 is 1.26 bits per heavy atom. The predicted octanol–water partition coefficient (Wildman–Crippen LogP) is 3.32. The highest BCUT2D eigenvalue weighted by Crippen LogP contribution is 2.24. The number of aromatic nitrogens is 1. The first-order valence-electron chi connectivity index (χ1n) is 7.16. The van der Waals surface area contributed by atoms with Gasteiger partial charge in [-0.25, -0.2) is 4.98 Å². The van der Waals surface area contributed by atoms with Crippen molar-refractivity contribution in [3.63, 3.8) is 0 Å². The highest BCUT2D eigenvalue weighted by molar-refractivity contribution is 5.43. The topological polar surface area (TPSA) is 42.1 Å². The van der Waals surface area contributed by atoms with Crippen molar-refractivity contribution >= 4 is 5.82 Å². The molecule has 0 unspecified atom stereocenters. The largest absolute Gasteiger partial charge is 0.360 e. The maximum absolute atomic E-state index is 5.81. The molecule has 0 aliphatic heterocycles. The van der Waals surface area contributed by atoms with E-state index in [-0.39, 0.29) is 5.41 Å². The summed E-state index contributed by atoms with van der Waals surface area (Å²) < 4.78 is 0. The van der Waals surface area contributed by atoms with Gasteiger partial charge < -0.3 is 10.6 Å². The van der Waals surface area contributed by atoms with Gasteiger partial charge in [0.25, 0.3) is 0 Å². The normalized spacial score (nSPS) is 12.0. The first kappa shape index (κ1) is 16.0. The molecule has 0 aliphatic carbocycles. The first-order valence-corrected chi connectivity index (χ1v) is 7.16. The fourth-order valence-electron chi connectivity index (χ4n) is 1.84. The van der Waals surface area contributed by atoms with Crippen molar-refractivity contribution in [1.82, 2.24) is 4.98 Å². The Labute approximate surface area is 118 Å². The Morgan fingerprint density at radius 2 is 1.89 bits per heavy atom. The molecule has 0 fully saturated rings. The number of anilines is 1. The summed E-state index contributed by atoms with van der Waals surface area (Å²) in [7, 11) is 2.11. The summed E-state index contributed by atoms with van der Waals surface area (Å²) in [5, 5.41) is 0. The van der Waals surface area contributed by atoms with Gasteiger partial charge in [0, 0.05) is 31.2 Å². The van der Waals surface area contributed by atoms with Gasteiger partial charge >= 0.3 is 0 Å². The highest BCUT2D eigenvalue weighted by atomic mass is 15.2. The van der Waals surface area contributed by atoms with E-state index in [1.165, 1.54) is 6.42 Å². The van der Waals surface area contributed by atoms with Crippen LogP contribution in [0.15, 0.2) is 12.1 Å². The second-order valence-electron chi connectivity index (χ2n) is 6.78. The molecule has 1 aromatic rings. The molecule has 0 amide bonds.